The molecular formula is C16H24BrNO2. The lowest BCUT2D eigenvalue weighted by Crippen LogP contribution is -2.44. The summed E-state index contributed by atoms with van der Waals surface area (Å²) in [6, 6.07) is 6.18. The normalized spacial score (nSPS) is 23.8. The molecule has 3 nitrogen and oxygen atoms in total. The van der Waals surface area contributed by atoms with Crippen molar-refractivity contribution in [2.45, 2.75) is 32.3 Å². The summed E-state index contributed by atoms with van der Waals surface area (Å²) in [6.07, 6.45) is 2.81. The van der Waals surface area contributed by atoms with E-state index in [4.69, 9.17) is 4.74 Å². The van der Waals surface area contributed by atoms with Gasteiger partial charge >= 0.3 is 0 Å². The predicted octanol–water partition coefficient (Wildman–Crippen LogP) is 3.09. The molecule has 0 aromatic heterocycles. The summed E-state index contributed by atoms with van der Waals surface area (Å²) >= 11 is 3.53. The van der Waals surface area contributed by atoms with E-state index >= 15 is 0 Å². The quantitative estimate of drug-likeness (QED) is 0.893. The molecule has 1 fully saturated rings. The van der Waals surface area contributed by atoms with Gasteiger partial charge in [0.2, 0.25) is 0 Å². The van der Waals surface area contributed by atoms with Crippen LogP contribution >= 0.6 is 15.9 Å². The topological polar surface area (TPSA) is 32.7 Å². The number of ether oxygens (including phenoxy) is 1. The van der Waals surface area contributed by atoms with Gasteiger partial charge in [0.05, 0.1) is 17.7 Å². The van der Waals surface area contributed by atoms with Gasteiger partial charge in [-0.15, -0.1) is 0 Å². The summed E-state index contributed by atoms with van der Waals surface area (Å²) in [5, 5.41) is 10.2. The Hall–Kier alpha value is -0.580. The first-order valence-electron chi connectivity index (χ1n) is 7.37. The van der Waals surface area contributed by atoms with Gasteiger partial charge in [-0.05, 0) is 59.4 Å². The number of benzene rings is 1. The summed E-state index contributed by atoms with van der Waals surface area (Å²) in [5.41, 5.74) is 1.25. The molecule has 0 spiro atoms. The number of methoxy groups -OCH3 is 1. The van der Waals surface area contributed by atoms with E-state index in [0.717, 1.165) is 42.7 Å². The lowest BCUT2D eigenvalue weighted by atomic mass is 9.88. The van der Waals surface area contributed by atoms with Crippen LogP contribution in [-0.4, -0.2) is 42.9 Å². The van der Waals surface area contributed by atoms with Crippen LogP contribution in [-0.2, 0) is 6.42 Å². The highest BCUT2D eigenvalue weighted by Gasteiger charge is 2.27. The molecule has 1 aromatic carbocycles. The summed E-state index contributed by atoms with van der Waals surface area (Å²) in [6.45, 7) is 5.37. The molecule has 1 aliphatic rings. The largest absolute Gasteiger partial charge is 0.496 e. The van der Waals surface area contributed by atoms with Crippen molar-refractivity contribution in [2.24, 2.45) is 5.92 Å². The molecule has 1 aromatic rings. The molecule has 1 saturated heterocycles. The van der Waals surface area contributed by atoms with Crippen LogP contribution in [0.25, 0.3) is 0 Å². The highest BCUT2D eigenvalue weighted by molar-refractivity contribution is 9.10. The number of likely N-dealkylation sites (tertiary alicyclic amines) is 1. The van der Waals surface area contributed by atoms with E-state index in [9.17, 15) is 5.11 Å². The minimum atomic E-state index is -0.177. The van der Waals surface area contributed by atoms with Crippen LogP contribution in [0.1, 0.15) is 25.3 Å². The first-order chi connectivity index (χ1) is 9.63. The van der Waals surface area contributed by atoms with Gasteiger partial charge in [0, 0.05) is 19.0 Å². The first kappa shape index (κ1) is 15.8. The molecule has 4 heteroatoms. The number of nitrogens with zero attached hydrogens (tertiary/aromatic N) is 1. The third-order valence-corrected chi connectivity index (χ3v) is 4.65. The Balaban J connectivity index is 2.02. The molecular weight excluding hydrogens is 318 g/mol. The zero-order valence-electron chi connectivity index (χ0n) is 12.3. The Kier molecular flexibility index (Phi) is 5.87. The smallest absolute Gasteiger partial charge is 0.133 e. The monoisotopic (exact) mass is 341 g/mol. The van der Waals surface area contributed by atoms with Crippen molar-refractivity contribution in [3.63, 3.8) is 0 Å². The van der Waals surface area contributed by atoms with Gasteiger partial charge in [0.25, 0.3) is 0 Å². The van der Waals surface area contributed by atoms with Crippen LogP contribution in [0.5, 0.6) is 5.75 Å². The molecule has 0 saturated carbocycles. The number of rotatable bonds is 5. The highest BCUT2D eigenvalue weighted by atomic mass is 79.9. The van der Waals surface area contributed by atoms with Crippen molar-refractivity contribution in [3.8, 4) is 5.75 Å². The second kappa shape index (κ2) is 7.43. The minimum absolute atomic E-state index is 0.177. The van der Waals surface area contributed by atoms with Crippen molar-refractivity contribution in [1.29, 1.82) is 0 Å². The number of hydrogen-bond donors (Lipinski definition) is 1. The Labute approximate surface area is 130 Å². The van der Waals surface area contributed by atoms with E-state index in [1.54, 1.807) is 7.11 Å². The summed E-state index contributed by atoms with van der Waals surface area (Å²) in [4.78, 5) is 2.47. The fraction of sp³-hybridized carbons (Fsp3) is 0.625. The Morgan fingerprint density at radius 2 is 2.25 bits per heavy atom. The van der Waals surface area contributed by atoms with Gasteiger partial charge in [-0.3, -0.25) is 0 Å². The molecule has 1 N–H and O–H groups in total. The average Bonchev–Trinajstić information content (AvgIpc) is 2.43. The second-order valence-electron chi connectivity index (χ2n) is 5.59. The summed E-state index contributed by atoms with van der Waals surface area (Å²) in [7, 11) is 1.67. The highest BCUT2D eigenvalue weighted by Crippen LogP contribution is 2.28. The van der Waals surface area contributed by atoms with Crippen LogP contribution in [0.15, 0.2) is 22.7 Å². The number of aliphatic hydroxyl groups excluding tert-OH is 1. The van der Waals surface area contributed by atoms with Crippen LogP contribution in [0.2, 0.25) is 0 Å². The van der Waals surface area contributed by atoms with Crippen LogP contribution < -0.4 is 4.74 Å². The summed E-state index contributed by atoms with van der Waals surface area (Å²) in [5.74, 6) is 1.18. The minimum Gasteiger partial charge on any atom is -0.496 e. The number of halogens is 1. The van der Waals surface area contributed by atoms with Gasteiger partial charge < -0.3 is 14.7 Å². The Morgan fingerprint density at radius 3 is 2.90 bits per heavy atom. The number of piperidine rings is 1. The van der Waals surface area contributed by atoms with Gasteiger partial charge in [0.1, 0.15) is 5.75 Å². The fourth-order valence-corrected chi connectivity index (χ4v) is 3.54. The number of hydrogen-bond acceptors (Lipinski definition) is 3. The van der Waals surface area contributed by atoms with E-state index in [-0.39, 0.29) is 6.10 Å². The van der Waals surface area contributed by atoms with Crippen molar-refractivity contribution < 1.29 is 9.84 Å². The van der Waals surface area contributed by atoms with E-state index < -0.39 is 0 Å². The van der Waals surface area contributed by atoms with Gasteiger partial charge in [-0.25, -0.2) is 0 Å². The molecule has 2 rings (SSSR count). The van der Waals surface area contributed by atoms with Crippen LogP contribution in [0.3, 0.4) is 0 Å². The van der Waals surface area contributed by atoms with Crippen LogP contribution in [0.4, 0.5) is 0 Å². The maximum Gasteiger partial charge on any atom is 0.133 e. The van der Waals surface area contributed by atoms with Gasteiger partial charge in [-0.1, -0.05) is 13.0 Å². The third kappa shape index (κ3) is 3.96. The molecule has 0 amide bonds. The van der Waals surface area contributed by atoms with E-state index in [1.165, 1.54) is 12.0 Å². The predicted molar refractivity (Wildman–Crippen MR) is 85.2 cm³/mol. The van der Waals surface area contributed by atoms with Crippen molar-refractivity contribution in [2.75, 3.05) is 26.7 Å². The molecule has 112 valence electrons. The first-order valence-corrected chi connectivity index (χ1v) is 8.16. The number of aliphatic hydroxyl groups is 1. The average molecular weight is 342 g/mol. The molecule has 0 bridgehead atoms. The molecule has 2 atom stereocenters. The third-order valence-electron chi connectivity index (χ3n) is 4.03. The van der Waals surface area contributed by atoms with Gasteiger partial charge in [-0.2, -0.15) is 0 Å². The SMILES string of the molecule is CCCN1CCC(O)C(Cc2ccc(OC)c(Br)c2)C1. The maximum absolute atomic E-state index is 10.2. The van der Waals surface area contributed by atoms with E-state index in [1.807, 2.05) is 6.07 Å². The summed E-state index contributed by atoms with van der Waals surface area (Å²) < 4.78 is 6.24. The lowest BCUT2D eigenvalue weighted by Gasteiger charge is -2.36. The maximum atomic E-state index is 10.2. The standard InChI is InChI=1S/C16H24BrNO2/c1-3-7-18-8-6-15(19)13(11-18)9-12-4-5-16(20-2)14(17)10-12/h4-5,10,13,15,19H,3,6-9,11H2,1-2H3. The Bertz CT molecular complexity index is 438. The van der Waals surface area contributed by atoms with Crippen LogP contribution in [0, 0.1) is 5.92 Å². The van der Waals surface area contributed by atoms with Gasteiger partial charge in [0.15, 0.2) is 0 Å². The zero-order chi connectivity index (χ0) is 14.5. The van der Waals surface area contributed by atoms with Crippen molar-refractivity contribution in [3.05, 3.63) is 28.2 Å². The molecule has 20 heavy (non-hydrogen) atoms. The Morgan fingerprint density at radius 1 is 1.45 bits per heavy atom. The molecule has 0 aliphatic carbocycles. The molecule has 1 heterocycles. The zero-order valence-corrected chi connectivity index (χ0v) is 13.9. The lowest BCUT2D eigenvalue weighted by molar-refractivity contribution is 0.0270. The van der Waals surface area contributed by atoms with Crippen molar-refractivity contribution >= 4 is 15.9 Å². The molecule has 1 aliphatic heterocycles. The second-order valence-corrected chi connectivity index (χ2v) is 6.44. The molecule has 2 unspecified atom stereocenters. The fourth-order valence-electron chi connectivity index (χ4n) is 2.95. The van der Waals surface area contributed by atoms with Crippen molar-refractivity contribution in [1.82, 2.24) is 4.90 Å². The van der Waals surface area contributed by atoms with E-state index in [2.05, 4.69) is 39.9 Å². The molecule has 0 radical (unpaired) electrons. The van der Waals surface area contributed by atoms with E-state index in [0.29, 0.717) is 5.92 Å².